The summed E-state index contributed by atoms with van der Waals surface area (Å²) in [6.07, 6.45) is 2.11. The molecule has 4 nitrogen and oxygen atoms in total. The molecule has 2 rings (SSSR count). The lowest BCUT2D eigenvalue weighted by atomic mass is 10.3. The van der Waals surface area contributed by atoms with Crippen molar-refractivity contribution < 1.29 is 17.9 Å². The van der Waals surface area contributed by atoms with Crippen molar-refractivity contribution in [2.75, 3.05) is 24.9 Å². The zero-order chi connectivity index (χ0) is 17.0. The van der Waals surface area contributed by atoms with E-state index in [2.05, 4.69) is 38.4 Å². The van der Waals surface area contributed by atoms with E-state index in [1.165, 1.54) is 10.8 Å². The van der Waals surface area contributed by atoms with Gasteiger partial charge in [0.05, 0.1) is 19.1 Å². The Balaban J connectivity index is 2.24. The summed E-state index contributed by atoms with van der Waals surface area (Å²) in [6.45, 7) is 0.513. The van der Waals surface area contributed by atoms with Gasteiger partial charge in [-0.2, -0.15) is 13.2 Å². The normalized spacial score (nSPS) is 12.1. The Morgan fingerprint density at radius 1 is 1.30 bits per heavy atom. The van der Waals surface area contributed by atoms with Gasteiger partial charge in [-0.1, -0.05) is 0 Å². The summed E-state index contributed by atoms with van der Waals surface area (Å²) in [4.78, 5) is 7.73. The molecule has 0 unspecified atom stereocenters. The number of rotatable bonds is 6. The summed E-state index contributed by atoms with van der Waals surface area (Å²) in [5.74, 6) is 1.06. The van der Waals surface area contributed by atoms with E-state index >= 15 is 0 Å². The molecule has 0 bridgehead atoms. The smallest absolute Gasteiger partial charge is 0.356 e. The number of aromatic nitrogens is 3. The first-order chi connectivity index (χ1) is 10.8. The second kappa shape index (κ2) is 7.67. The Morgan fingerprint density at radius 3 is 2.61 bits per heavy atom. The van der Waals surface area contributed by atoms with Gasteiger partial charge in [0, 0.05) is 18.0 Å². The van der Waals surface area contributed by atoms with Crippen molar-refractivity contribution in [3.8, 4) is 11.4 Å². The van der Waals surface area contributed by atoms with E-state index in [0.717, 1.165) is 11.9 Å². The number of nitrogens with zero attached hydrogens (tertiary/aromatic N) is 3. The molecule has 2 aromatic heterocycles. The predicted molar refractivity (Wildman–Crippen MR) is 88.2 cm³/mol. The van der Waals surface area contributed by atoms with Gasteiger partial charge in [0.1, 0.15) is 22.9 Å². The number of halogens is 4. The van der Waals surface area contributed by atoms with Gasteiger partial charge in [-0.05, 0) is 39.0 Å². The molecule has 0 amide bonds. The first-order valence-electron chi connectivity index (χ1n) is 6.65. The second-order valence-corrected chi connectivity index (χ2v) is 8.21. The van der Waals surface area contributed by atoms with E-state index in [4.69, 9.17) is 4.74 Å². The van der Waals surface area contributed by atoms with Crippen molar-refractivity contribution in [1.82, 2.24) is 14.5 Å². The number of ether oxygens (including phenoxy) is 1. The second-order valence-electron chi connectivity index (χ2n) is 5.01. The molecular weight excluding hydrogens is 395 g/mol. The zero-order valence-electron chi connectivity index (χ0n) is 12.6. The Morgan fingerprint density at radius 2 is 2.04 bits per heavy atom. The number of alkyl halides is 3. The Hall–Kier alpha value is -1.06. The van der Waals surface area contributed by atoms with Gasteiger partial charge in [-0.15, -0.1) is 0 Å². The molecule has 0 radical (unpaired) electrons. The van der Waals surface area contributed by atoms with Crippen LogP contribution in [-0.4, -0.2) is 39.4 Å². The molecular formula is C14H16BrF3N3OS+. The minimum absolute atomic E-state index is 0.0195. The molecule has 0 N–H and O–H groups in total. The summed E-state index contributed by atoms with van der Waals surface area (Å²) in [5.41, 5.74) is -0.442. The molecule has 0 aromatic carbocycles. The highest BCUT2D eigenvalue weighted by Gasteiger charge is 2.35. The van der Waals surface area contributed by atoms with Gasteiger partial charge in [0.25, 0.3) is 0 Å². The highest BCUT2D eigenvalue weighted by Crippen LogP contribution is 2.31. The van der Waals surface area contributed by atoms with Crippen molar-refractivity contribution in [1.29, 1.82) is 0 Å². The first kappa shape index (κ1) is 18.3. The maximum atomic E-state index is 12.9. The zero-order valence-corrected chi connectivity index (χ0v) is 15.0. The molecule has 0 fully saturated rings. The van der Waals surface area contributed by atoms with Crippen LogP contribution >= 0.6 is 15.9 Å². The van der Waals surface area contributed by atoms with Crippen molar-refractivity contribution in [3.63, 3.8) is 0 Å². The van der Waals surface area contributed by atoms with Gasteiger partial charge < -0.3 is 9.30 Å². The van der Waals surface area contributed by atoms with Crippen LogP contribution in [0.4, 0.5) is 13.2 Å². The van der Waals surface area contributed by atoms with E-state index < -0.39 is 11.9 Å². The molecule has 0 aliphatic heterocycles. The summed E-state index contributed by atoms with van der Waals surface area (Å²) in [5, 5.41) is 0. The van der Waals surface area contributed by atoms with Crippen LogP contribution in [0.25, 0.3) is 11.4 Å². The maximum Gasteiger partial charge on any atom is 0.434 e. The summed E-state index contributed by atoms with van der Waals surface area (Å²) in [7, 11) is 0.229. The van der Waals surface area contributed by atoms with Crippen molar-refractivity contribution in [2.45, 2.75) is 12.9 Å². The van der Waals surface area contributed by atoms with Crippen LogP contribution in [-0.2, 0) is 28.5 Å². The fourth-order valence-electron chi connectivity index (χ4n) is 1.78. The van der Waals surface area contributed by atoms with E-state index in [1.807, 2.05) is 0 Å². The van der Waals surface area contributed by atoms with Gasteiger partial charge in [0.2, 0.25) is 0 Å². The molecule has 0 aliphatic rings. The molecule has 126 valence electrons. The monoisotopic (exact) mass is 410 g/mol. The topological polar surface area (TPSA) is 39.9 Å². The lowest BCUT2D eigenvalue weighted by molar-refractivity contribution is -0.141. The lowest BCUT2D eigenvalue weighted by Gasteiger charge is -2.08. The minimum atomic E-state index is -4.50. The molecule has 0 aliphatic carbocycles. The molecule has 0 atom stereocenters. The highest BCUT2D eigenvalue weighted by atomic mass is 79.9. The summed E-state index contributed by atoms with van der Waals surface area (Å²) < 4.78 is 46.2. The standard InChI is InChI=1S/C14H16BrF3N3OS/c1-23(2)6-5-22-9-21-8-11(14(16,17)18)20-13(21)10-3-4-12(15)19-7-10/h3-4,7-8H,5-6,9H2,1-2H3/q+1. The van der Waals surface area contributed by atoms with Crippen LogP contribution in [0.3, 0.4) is 0 Å². The average Bonchev–Trinajstić information content (AvgIpc) is 2.88. The van der Waals surface area contributed by atoms with Crippen LogP contribution in [0.5, 0.6) is 0 Å². The van der Waals surface area contributed by atoms with E-state index in [9.17, 15) is 13.2 Å². The SMILES string of the molecule is C[S+](C)CCOCn1cc(C(F)(F)F)nc1-c1ccc(Br)nc1. The predicted octanol–water partition coefficient (Wildman–Crippen LogP) is 3.58. The van der Waals surface area contributed by atoms with E-state index in [1.54, 1.807) is 12.1 Å². The maximum absolute atomic E-state index is 12.9. The van der Waals surface area contributed by atoms with Crippen LogP contribution in [0, 0.1) is 0 Å². The third kappa shape index (κ3) is 5.22. The van der Waals surface area contributed by atoms with Gasteiger partial charge >= 0.3 is 6.18 Å². The lowest BCUT2D eigenvalue weighted by Crippen LogP contribution is -2.12. The highest BCUT2D eigenvalue weighted by molar-refractivity contribution is 9.10. The first-order valence-corrected chi connectivity index (χ1v) is 9.66. The number of pyridine rings is 1. The Labute approximate surface area is 143 Å². The van der Waals surface area contributed by atoms with E-state index in [-0.39, 0.29) is 23.5 Å². The molecule has 2 aromatic rings. The minimum Gasteiger partial charge on any atom is -0.356 e. The van der Waals surface area contributed by atoms with Gasteiger partial charge in [-0.3, -0.25) is 0 Å². The molecule has 9 heteroatoms. The van der Waals surface area contributed by atoms with Gasteiger partial charge in [-0.25, -0.2) is 9.97 Å². The van der Waals surface area contributed by atoms with Crippen LogP contribution in [0.2, 0.25) is 0 Å². The largest absolute Gasteiger partial charge is 0.434 e. The van der Waals surface area contributed by atoms with Crippen molar-refractivity contribution >= 4 is 26.8 Å². The molecule has 2 heterocycles. The van der Waals surface area contributed by atoms with Crippen LogP contribution in [0.1, 0.15) is 5.69 Å². The average molecular weight is 411 g/mol. The summed E-state index contributed by atoms with van der Waals surface area (Å²) in [6, 6.07) is 3.31. The molecule has 0 saturated heterocycles. The number of imidazole rings is 1. The van der Waals surface area contributed by atoms with E-state index in [0.29, 0.717) is 16.8 Å². The third-order valence-electron chi connectivity index (χ3n) is 2.92. The van der Waals surface area contributed by atoms with Crippen LogP contribution in [0.15, 0.2) is 29.1 Å². The Bertz CT molecular complexity index is 644. The Kier molecular flexibility index (Phi) is 6.10. The van der Waals surface area contributed by atoms with Crippen LogP contribution < -0.4 is 0 Å². The number of hydrogen-bond acceptors (Lipinski definition) is 3. The third-order valence-corrected chi connectivity index (χ3v) is 4.37. The number of hydrogen-bond donors (Lipinski definition) is 0. The fourth-order valence-corrected chi connectivity index (χ4v) is 2.46. The summed E-state index contributed by atoms with van der Waals surface area (Å²) >= 11 is 3.20. The van der Waals surface area contributed by atoms with Crippen molar-refractivity contribution in [2.24, 2.45) is 0 Å². The van der Waals surface area contributed by atoms with Gasteiger partial charge in [0.15, 0.2) is 5.69 Å². The quantitative estimate of drug-likeness (QED) is 0.415. The molecule has 0 saturated carbocycles. The molecule has 0 spiro atoms. The molecule has 23 heavy (non-hydrogen) atoms. The van der Waals surface area contributed by atoms with Crippen molar-refractivity contribution in [3.05, 3.63) is 34.8 Å². The fraction of sp³-hybridized carbons (Fsp3) is 0.429.